The fourth-order valence-electron chi connectivity index (χ4n) is 2.67. The standard InChI is InChI=1S/C15H21ClFNO/c1-2-18-15(12-4-3-7-19-10-12)9-11-5-6-14(17)13(16)8-11/h5-6,8,12,15,18H,2-4,7,9-10H2,1H3. The Bertz CT molecular complexity index is 407. The molecule has 1 heterocycles. The van der Waals surface area contributed by atoms with Crippen molar-refractivity contribution in [1.82, 2.24) is 5.32 Å². The molecule has 1 N–H and O–H groups in total. The monoisotopic (exact) mass is 285 g/mol. The molecule has 0 bridgehead atoms. The molecule has 2 unspecified atom stereocenters. The number of ether oxygens (including phenoxy) is 1. The van der Waals surface area contributed by atoms with E-state index in [0.29, 0.717) is 12.0 Å². The van der Waals surface area contributed by atoms with Gasteiger partial charge in [-0.3, -0.25) is 0 Å². The fraction of sp³-hybridized carbons (Fsp3) is 0.600. The number of hydrogen-bond acceptors (Lipinski definition) is 2. The molecular weight excluding hydrogens is 265 g/mol. The Morgan fingerprint density at radius 1 is 1.53 bits per heavy atom. The molecule has 1 aromatic rings. The van der Waals surface area contributed by atoms with Crippen molar-refractivity contribution in [2.24, 2.45) is 5.92 Å². The molecule has 2 rings (SSSR count). The molecule has 0 spiro atoms. The molecule has 0 saturated carbocycles. The predicted molar refractivity (Wildman–Crippen MR) is 76.1 cm³/mol. The predicted octanol–water partition coefficient (Wildman–Crippen LogP) is 3.43. The average molecular weight is 286 g/mol. The third-order valence-corrected chi connectivity index (χ3v) is 3.96. The highest BCUT2D eigenvalue weighted by molar-refractivity contribution is 6.30. The van der Waals surface area contributed by atoms with Crippen LogP contribution in [-0.2, 0) is 11.2 Å². The smallest absolute Gasteiger partial charge is 0.141 e. The fourth-order valence-corrected chi connectivity index (χ4v) is 2.87. The van der Waals surface area contributed by atoms with Crippen LogP contribution >= 0.6 is 11.6 Å². The van der Waals surface area contributed by atoms with E-state index in [9.17, 15) is 4.39 Å². The molecule has 1 saturated heterocycles. The van der Waals surface area contributed by atoms with Gasteiger partial charge < -0.3 is 10.1 Å². The van der Waals surface area contributed by atoms with Gasteiger partial charge in [-0.25, -0.2) is 4.39 Å². The Kier molecular flexibility index (Phi) is 5.61. The Hall–Kier alpha value is -0.640. The highest BCUT2D eigenvalue weighted by Gasteiger charge is 2.23. The number of benzene rings is 1. The van der Waals surface area contributed by atoms with Gasteiger partial charge >= 0.3 is 0 Å². The van der Waals surface area contributed by atoms with Crippen molar-refractivity contribution in [3.8, 4) is 0 Å². The zero-order valence-electron chi connectivity index (χ0n) is 11.3. The van der Waals surface area contributed by atoms with E-state index in [4.69, 9.17) is 16.3 Å². The first kappa shape index (κ1) is 14.8. The van der Waals surface area contributed by atoms with E-state index in [1.807, 2.05) is 6.07 Å². The Labute approximate surface area is 119 Å². The molecule has 0 amide bonds. The molecule has 4 heteroatoms. The summed E-state index contributed by atoms with van der Waals surface area (Å²) in [4.78, 5) is 0. The molecule has 19 heavy (non-hydrogen) atoms. The van der Waals surface area contributed by atoms with Gasteiger partial charge in [0.25, 0.3) is 0 Å². The number of hydrogen-bond donors (Lipinski definition) is 1. The topological polar surface area (TPSA) is 21.3 Å². The third-order valence-electron chi connectivity index (χ3n) is 3.67. The lowest BCUT2D eigenvalue weighted by atomic mass is 9.89. The van der Waals surface area contributed by atoms with Crippen molar-refractivity contribution in [1.29, 1.82) is 0 Å². The lowest BCUT2D eigenvalue weighted by molar-refractivity contribution is 0.0396. The number of halogens is 2. The molecule has 1 aromatic carbocycles. The Morgan fingerprint density at radius 3 is 3.00 bits per heavy atom. The average Bonchev–Trinajstić information content (AvgIpc) is 2.43. The van der Waals surface area contributed by atoms with E-state index in [1.165, 1.54) is 12.5 Å². The molecule has 0 radical (unpaired) electrons. The summed E-state index contributed by atoms with van der Waals surface area (Å²) < 4.78 is 18.7. The highest BCUT2D eigenvalue weighted by Crippen LogP contribution is 2.22. The van der Waals surface area contributed by atoms with Crippen molar-refractivity contribution in [2.45, 2.75) is 32.2 Å². The normalized spacial score (nSPS) is 21.3. The van der Waals surface area contributed by atoms with Crippen molar-refractivity contribution < 1.29 is 9.13 Å². The van der Waals surface area contributed by atoms with E-state index in [2.05, 4.69) is 12.2 Å². The van der Waals surface area contributed by atoms with E-state index >= 15 is 0 Å². The number of rotatable bonds is 5. The maximum absolute atomic E-state index is 13.2. The summed E-state index contributed by atoms with van der Waals surface area (Å²) in [7, 11) is 0. The summed E-state index contributed by atoms with van der Waals surface area (Å²) in [6.07, 6.45) is 3.17. The van der Waals surface area contributed by atoms with E-state index < -0.39 is 0 Å². The first-order valence-electron chi connectivity index (χ1n) is 6.95. The van der Waals surface area contributed by atoms with Gasteiger partial charge in [-0.2, -0.15) is 0 Å². The summed E-state index contributed by atoms with van der Waals surface area (Å²) in [5.41, 5.74) is 1.07. The molecule has 1 fully saturated rings. The summed E-state index contributed by atoms with van der Waals surface area (Å²) in [5, 5.41) is 3.72. The summed E-state index contributed by atoms with van der Waals surface area (Å²) >= 11 is 5.84. The summed E-state index contributed by atoms with van der Waals surface area (Å²) in [6.45, 7) is 4.72. The van der Waals surface area contributed by atoms with E-state index in [-0.39, 0.29) is 10.8 Å². The molecule has 106 valence electrons. The van der Waals surface area contributed by atoms with Crippen LogP contribution in [0.25, 0.3) is 0 Å². The number of nitrogens with one attached hydrogen (secondary N) is 1. The zero-order valence-corrected chi connectivity index (χ0v) is 12.0. The van der Waals surface area contributed by atoms with Crippen LogP contribution in [0, 0.1) is 11.7 Å². The van der Waals surface area contributed by atoms with Crippen molar-refractivity contribution in [3.63, 3.8) is 0 Å². The van der Waals surface area contributed by atoms with Crippen LogP contribution in [0.2, 0.25) is 5.02 Å². The third kappa shape index (κ3) is 4.16. The van der Waals surface area contributed by atoms with Gasteiger partial charge in [0.05, 0.1) is 11.6 Å². The molecule has 0 aromatic heterocycles. The molecule has 0 aliphatic carbocycles. The van der Waals surface area contributed by atoms with Crippen LogP contribution in [0.3, 0.4) is 0 Å². The van der Waals surface area contributed by atoms with Crippen LogP contribution in [0.15, 0.2) is 18.2 Å². The number of likely N-dealkylation sites (N-methyl/N-ethyl adjacent to an activating group) is 1. The van der Waals surface area contributed by atoms with Gasteiger partial charge in [-0.1, -0.05) is 24.6 Å². The first-order chi connectivity index (χ1) is 9.20. The van der Waals surface area contributed by atoms with Crippen molar-refractivity contribution in [3.05, 3.63) is 34.6 Å². The van der Waals surface area contributed by atoms with Crippen LogP contribution in [0.1, 0.15) is 25.3 Å². The lowest BCUT2D eigenvalue weighted by Crippen LogP contribution is -2.41. The van der Waals surface area contributed by atoms with Gasteiger partial charge in [0, 0.05) is 12.6 Å². The maximum Gasteiger partial charge on any atom is 0.141 e. The van der Waals surface area contributed by atoms with Gasteiger partial charge in [-0.05, 0) is 49.4 Å². The minimum Gasteiger partial charge on any atom is -0.381 e. The van der Waals surface area contributed by atoms with E-state index in [1.54, 1.807) is 6.07 Å². The molecule has 1 aliphatic heterocycles. The molecule has 1 aliphatic rings. The second-order valence-electron chi connectivity index (χ2n) is 5.09. The lowest BCUT2D eigenvalue weighted by Gasteiger charge is -2.31. The minimum atomic E-state index is -0.355. The largest absolute Gasteiger partial charge is 0.381 e. The van der Waals surface area contributed by atoms with Crippen LogP contribution in [0.5, 0.6) is 0 Å². The Morgan fingerprint density at radius 2 is 2.37 bits per heavy atom. The first-order valence-corrected chi connectivity index (χ1v) is 7.33. The van der Waals surface area contributed by atoms with Gasteiger partial charge in [0.1, 0.15) is 5.82 Å². The minimum absolute atomic E-state index is 0.202. The quantitative estimate of drug-likeness (QED) is 0.895. The molecular formula is C15H21ClFNO. The zero-order chi connectivity index (χ0) is 13.7. The molecule has 2 nitrogen and oxygen atoms in total. The van der Waals surface area contributed by atoms with Gasteiger partial charge in [-0.15, -0.1) is 0 Å². The van der Waals surface area contributed by atoms with Crippen LogP contribution < -0.4 is 5.32 Å². The summed E-state index contributed by atoms with van der Waals surface area (Å²) in [6, 6.07) is 5.35. The molecule has 2 atom stereocenters. The summed E-state index contributed by atoms with van der Waals surface area (Å²) in [5.74, 6) is 0.170. The van der Waals surface area contributed by atoms with Crippen molar-refractivity contribution in [2.75, 3.05) is 19.8 Å². The SMILES string of the molecule is CCNC(Cc1ccc(F)c(Cl)c1)C1CCCOC1. The van der Waals surface area contributed by atoms with Gasteiger partial charge in [0.15, 0.2) is 0 Å². The van der Waals surface area contributed by atoms with Crippen LogP contribution in [0.4, 0.5) is 4.39 Å². The van der Waals surface area contributed by atoms with Crippen molar-refractivity contribution >= 4 is 11.6 Å². The highest BCUT2D eigenvalue weighted by atomic mass is 35.5. The van der Waals surface area contributed by atoms with E-state index in [0.717, 1.165) is 38.2 Å². The van der Waals surface area contributed by atoms with Crippen LogP contribution in [-0.4, -0.2) is 25.8 Å². The maximum atomic E-state index is 13.2. The Balaban J connectivity index is 2.04. The second kappa shape index (κ2) is 7.22. The van der Waals surface area contributed by atoms with Gasteiger partial charge in [0.2, 0.25) is 0 Å². The second-order valence-corrected chi connectivity index (χ2v) is 5.50.